The molecule has 0 fully saturated rings. The van der Waals surface area contributed by atoms with E-state index in [0.717, 1.165) is 6.07 Å². The van der Waals surface area contributed by atoms with Gasteiger partial charge in [0.05, 0.1) is 0 Å². The van der Waals surface area contributed by atoms with Crippen LogP contribution < -0.4 is 10.9 Å². The second-order valence-corrected chi connectivity index (χ2v) is 2.86. The molecule has 1 amide bonds. The molecule has 0 aromatic heterocycles. The van der Waals surface area contributed by atoms with E-state index < -0.39 is 5.91 Å². The molecule has 1 radical (unpaired) electrons. The summed E-state index contributed by atoms with van der Waals surface area (Å²) in [5, 5.41) is 30.5. The van der Waals surface area contributed by atoms with Crippen molar-refractivity contribution in [3.63, 3.8) is 0 Å². The summed E-state index contributed by atoms with van der Waals surface area (Å²) in [5.41, 5.74) is 3.34. The number of phenols is 2. The molecule has 8 nitrogen and oxygen atoms in total. The lowest BCUT2D eigenvalue weighted by Crippen LogP contribution is -2.28. The van der Waals surface area contributed by atoms with Crippen molar-refractivity contribution >= 4 is 11.9 Å². The zero-order valence-corrected chi connectivity index (χ0v) is 7.82. The van der Waals surface area contributed by atoms with E-state index in [1.807, 2.05) is 0 Å². The van der Waals surface area contributed by atoms with Crippen LogP contribution >= 0.6 is 0 Å². The Bertz CT molecular complexity index is 496. The SMILES string of the molecule is O=C(NC1=N[N]N=N1)c1ccc(O)c(O)c1. The van der Waals surface area contributed by atoms with Crippen LogP contribution in [0.2, 0.25) is 0 Å². The van der Waals surface area contributed by atoms with Gasteiger partial charge in [-0.2, -0.15) is 0 Å². The fourth-order valence-electron chi connectivity index (χ4n) is 1.03. The van der Waals surface area contributed by atoms with Crippen molar-refractivity contribution in [2.45, 2.75) is 0 Å². The highest BCUT2D eigenvalue weighted by Crippen LogP contribution is 2.24. The van der Waals surface area contributed by atoms with Crippen molar-refractivity contribution in [2.75, 3.05) is 0 Å². The molecule has 1 aromatic carbocycles. The Morgan fingerprint density at radius 3 is 2.69 bits per heavy atom. The van der Waals surface area contributed by atoms with Crippen molar-refractivity contribution in [2.24, 2.45) is 15.4 Å². The van der Waals surface area contributed by atoms with Crippen LogP contribution in [0.3, 0.4) is 0 Å². The van der Waals surface area contributed by atoms with Crippen molar-refractivity contribution in [3.8, 4) is 11.5 Å². The van der Waals surface area contributed by atoms with Gasteiger partial charge in [0, 0.05) is 5.56 Å². The number of hydrogen-bond acceptors (Lipinski definition) is 6. The van der Waals surface area contributed by atoms with Gasteiger partial charge in [-0.3, -0.25) is 10.1 Å². The lowest BCUT2D eigenvalue weighted by atomic mass is 10.2. The fourth-order valence-corrected chi connectivity index (χ4v) is 1.03. The number of hydrogen-bond donors (Lipinski definition) is 3. The predicted molar refractivity (Wildman–Crippen MR) is 51.7 cm³/mol. The van der Waals surface area contributed by atoms with Crippen molar-refractivity contribution < 1.29 is 15.0 Å². The van der Waals surface area contributed by atoms with Crippen LogP contribution in [0.25, 0.3) is 0 Å². The molecule has 81 valence electrons. The van der Waals surface area contributed by atoms with Crippen molar-refractivity contribution in [3.05, 3.63) is 23.8 Å². The van der Waals surface area contributed by atoms with Gasteiger partial charge in [0.2, 0.25) is 0 Å². The quantitative estimate of drug-likeness (QED) is 0.581. The number of carbonyl (C=O) groups is 1. The van der Waals surface area contributed by atoms with Crippen LogP contribution in [0.5, 0.6) is 11.5 Å². The van der Waals surface area contributed by atoms with E-state index in [0.29, 0.717) is 0 Å². The molecule has 16 heavy (non-hydrogen) atoms. The maximum atomic E-state index is 11.5. The molecule has 0 saturated carbocycles. The summed E-state index contributed by atoms with van der Waals surface area (Å²) < 4.78 is 0. The summed E-state index contributed by atoms with van der Waals surface area (Å²) in [6, 6.07) is 3.66. The topological polar surface area (TPSA) is 121 Å². The number of rotatable bonds is 1. The molecule has 1 heterocycles. The molecular weight excluding hydrogens is 214 g/mol. The molecule has 0 atom stereocenters. The molecule has 0 aliphatic carbocycles. The maximum absolute atomic E-state index is 11.5. The Hall–Kier alpha value is -2.64. The van der Waals surface area contributed by atoms with Gasteiger partial charge < -0.3 is 10.2 Å². The third kappa shape index (κ3) is 1.90. The van der Waals surface area contributed by atoms with Crippen LogP contribution in [0.4, 0.5) is 0 Å². The van der Waals surface area contributed by atoms with E-state index in [-0.39, 0.29) is 23.0 Å². The number of amides is 1. The smallest absolute Gasteiger partial charge is 0.272 e. The van der Waals surface area contributed by atoms with E-state index in [1.54, 1.807) is 0 Å². The van der Waals surface area contributed by atoms with Crippen LogP contribution in [-0.4, -0.2) is 22.1 Å². The lowest BCUT2D eigenvalue weighted by molar-refractivity contribution is 0.0976. The third-order valence-corrected chi connectivity index (χ3v) is 1.78. The van der Waals surface area contributed by atoms with E-state index >= 15 is 0 Å². The van der Waals surface area contributed by atoms with Gasteiger partial charge in [0.25, 0.3) is 11.9 Å². The number of aromatic hydroxyl groups is 2. The second kappa shape index (κ2) is 3.85. The Kier molecular flexibility index (Phi) is 2.38. The maximum Gasteiger partial charge on any atom is 0.272 e. The highest BCUT2D eigenvalue weighted by Gasteiger charge is 2.12. The second-order valence-electron chi connectivity index (χ2n) is 2.86. The minimum absolute atomic E-state index is 0.0300. The monoisotopic (exact) mass is 220 g/mol. The minimum atomic E-state index is -0.537. The van der Waals surface area contributed by atoms with E-state index in [4.69, 9.17) is 5.11 Å². The Balaban J connectivity index is 2.14. The molecule has 3 N–H and O–H groups in total. The fraction of sp³-hybridized carbons (Fsp3) is 0. The van der Waals surface area contributed by atoms with Crippen LogP contribution in [0.1, 0.15) is 10.4 Å². The molecule has 0 bridgehead atoms. The number of nitrogens with one attached hydrogen (secondary N) is 1. The normalized spacial score (nSPS) is 13.1. The van der Waals surface area contributed by atoms with Gasteiger partial charge in [-0.25, -0.2) is 0 Å². The van der Waals surface area contributed by atoms with Gasteiger partial charge in [-0.05, 0) is 29.0 Å². The van der Waals surface area contributed by atoms with Crippen LogP contribution in [-0.2, 0) is 0 Å². The summed E-state index contributed by atoms with van der Waals surface area (Å²) in [6.45, 7) is 0. The zero-order valence-electron chi connectivity index (χ0n) is 7.82. The molecule has 1 aliphatic rings. The van der Waals surface area contributed by atoms with Gasteiger partial charge >= 0.3 is 0 Å². The first-order chi connectivity index (χ1) is 7.66. The molecule has 8 heteroatoms. The van der Waals surface area contributed by atoms with Crippen LogP contribution in [0, 0.1) is 0 Å². The van der Waals surface area contributed by atoms with Crippen molar-refractivity contribution in [1.82, 2.24) is 10.9 Å². The number of nitrogens with zero attached hydrogens (tertiary/aromatic N) is 4. The third-order valence-electron chi connectivity index (χ3n) is 1.78. The Labute approximate surface area is 89.3 Å². The van der Waals surface area contributed by atoms with E-state index in [9.17, 15) is 9.90 Å². The first kappa shape index (κ1) is 9.90. The number of carbonyl (C=O) groups excluding carboxylic acids is 1. The molecule has 2 rings (SSSR count). The average molecular weight is 220 g/mol. The predicted octanol–water partition coefficient (Wildman–Crippen LogP) is 0.0838. The summed E-state index contributed by atoms with van der Waals surface area (Å²) in [7, 11) is 0. The average Bonchev–Trinajstić information content (AvgIpc) is 2.74. The summed E-state index contributed by atoms with van der Waals surface area (Å²) in [5.74, 6) is -1.25. The molecule has 0 unspecified atom stereocenters. The lowest BCUT2D eigenvalue weighted by Gasteiger charge is -2.02. The zero-order chi connectivity index (χ0) is 11.5. The molecular formula is C8H6N5O3. The highest BCUT2D eigenvalue weighted by atomic mass is 16.3. The molecule has 0 spiro atoms. The van der Waals surface area contributed by atoms with Gasteiger partial charge in [0.15, 0.2) is 11.5 Å². The number of phenolic OH excluding ortho intramolecular Hbond substituents is 2. The first-order valence-corrected chi connectivity index (χ1v) is 4.19. The van der Waals surface area contributed by atoms with Gasteiger partial charge in [0.1, 0.15) is 0 Å². The summed E-state index contributed by atoms with van der Waals surface area (Å²) >= 11 is 0. The standard InChI is InChI=1S/C8H6N5O3/c14-5-2-1-4(3-6(5)15)7(16)9-8-10-12-13-11-8/h1-3,14-15H,(H,9,10,16). The number of benzene rings is 1. The molecule has 0 saturated heterocycles. The Morgan fingerprint density at radius 2 is 2.06 bits per heavy atom. The van der Waals surface area contributed by atoms with Crippen LogP contribution in [0.15, 0.2) is 33.6 Å². The van der Waals surface area contributed by atoms with Gasteiger partial charge in [-0.15, -0.1) is 0 Å². The Morgan fingerprint density at radius 1 is 1.25 bits per heavy atom. The van der Waals surface area contributed by atoms with E-state index in [1.165, 1.54) is 12.1 Å². The summed E-state index contributed by atoms with van der Waals surface area (Å²) in [4.78, 5) is 11.5. The number of guanidine groups is 1. The summed E-state index contributed by atoms with van der Waals surface area (Å²) in [6.07, 6.45) is 0. The minimum Gasteiger partial charge on any atom is -0.504 e. The highest BCUT2D eigenvalue weighted by molar-refractivity contribution is 6.06. The molecule has 1 aliphatic heterocycles. The first-order valence-electron chi connectivity index (χ1n) is 4.19. The van der Waals surface area contributed by atoms with Crippen molar-refractivity contribution in [1.29, 1.82) is 0 Å². The van der Waals surface area contributed by atoms with E-state index in [2.05, 4.69) is 26.3 Å². The molecule has 1 aromatic rings. The van der Waals surface area contributed by atoms with Gasteiger partial charge in [-0.1, -0.05) is 10.2 Å². The largest absolute Gasteiger partial charge is 0.504 e.